The minimum Gasteiger partial charge on any atom is -0.0683 e. The van der Waals surface area contributed by atoms with Crippen LogP contribution in [0.15, 0.2) is 36.4 Å². The van der Waals surface area contributed by atoms with E-state index in [1.54, 1.807) is 6.07 Å². The Labute approximate surface area is 97.0 Å². The standard InChI is InChI=1S/C11H10BNO.C2H6/c1-12-14-9-6-8-4-2-3-5-10(8)11(13)7-9;1-2/h2-7H,1,13H2;1-2H3. The Balaban J connectivity index is 0.000000606. The van der Waals surface area contributed by atoms with Crippen LogP contribution in [0.5, 0.6) is 5.75 Å². The topological polar surface area (TPSA) is 35.2 Å². The first kappa shape index (κ1) is 12.3. The number of fused-ring (bicyclic) bond motifs is 1. The van der Waals surface area contributed by atoms with Crippen LogP contribution in [-0.2, 0) is 0 Å². The molecule has 0 aliphatic carbocycles. The van der Waals surface area contributed by atoms with Gasteiger partial charge in [-0.1, -0.05) is 13.8 Å². The summed E-state index contributed by atoms with van der Waals surface area (Å²) in [5, 5.41) is 2.12. The first-order valence-corrected chi connectivity index (χ1v) is 5.37. The van der Waals surface area contributed by atoms with Gasteiger partial charge in [0.25, 0.3) is 0 Å². The molecule has 0 aromatic heterocycles. The Morgan fingerprint density at radius 3 is 2.56 bits per heavy atom. The summed E-state index contributed by atoms with van der Waals surface area (Å²) >= 11 is 0. The van der Waals surface area contributed by atoms with Crippen molar-refractivity contribution >= 4 is 30.1 Å². The zero-order valence-corrected chi connectivity index (χ0v) is 9.73. The van der Waals surface area contributed by atoms with Gasteiger partial charge in [0.15, 0.2) is 0 Å². The SMILES string of the molecule is C=BOc1cc(N)c2ccccc2c1.CC. The van der Waals surface area contributed by atoms with Crippen LogP contribution in [0.3, 0.4) is 0 Å². The van der Waals surface area contributed by atoms with E-state index in [9.17, 15) is 0 Å². The van der Waals surface area contributed by atoms with Gasteiger partial charge in [-0.15, -0.1) is 0 Å². The Kier molecular flexibility index (Phi) is 4.58. The van der Waals surface area contributed by atoms with Crippen molar-refractivity contribution in [3.05, 3.63) is 36.4 Å². The monoisotopic (exact) mass is 213 g/mol. The number of hydrogen-bond donors (Lipinski definition) is 1. The second-order valence-electron chi connectivity index (χ2n) is 3.02. The predicted octanol–water partition coefficient (Wildman–Crippen LogP) is 2.88. The molecule has 0 bridgehead atoms. The van der Waals surface area contributed by atoms with Crippen molar-refractivity contribution in [1.29, 1.82) is 0 Å². The van der Waals surface area contributed by atoms with Gasteiger partial charge in [0.1, 0.15) is 0 Å². The maximum absolute atomic E-state index is 5.87. The summed E-state index contributed by atoms with van der Waals surface area (Å²) < 4.78 is 5.18. The molecule has 2 aromatic rings. The van der Waals surface area contributed by atoms with E-state index in [2.05, 4.69) is 6.47 Å². The molecule has 2 rings (SSSR count). The van der Waals surface area contributed by atoms with Crippen LogP contribution >= 0.6 is 0 Å². The second-order valence-corrected chi connectivity index (χ2v) is 3.02. The fourth-order valence-electron chi connectivity index (χ4n) is 1.48. The molecule has 0 fully saturated rings. The van der Waals surface area contributed by atoms with Crippen LogP contribution in [0, 0.1) is 0 Å². The van der Waals surface area contributed by atoms with Gasteiger partial charge in [-0.2, -0.15) is 0 Å². The zero-order valence-electron chi connectivity index (χ0n) is 9.73. The number of benzene rings is 2. The molecule has 0 aliphatic rings. The van der Waals surface area contributed by atoms with Gasteiger partial charge in [0.2, 0.25) is 0 Å². The van der Waals surface area contributed by atoms with E-state index in [0.29, 0.717) is 0 Å². The molecule has 0 spiro atoms. The van der Waals surface area contributed by atoms with Gasteiger partial charge in [-0.25, -0.2) is 0 Å². The van der Waals surface area contributed by atoms with E-state index in [4.69, 9.17) is 10.4 Å². The molecule has 0 radical (unpaired) electrons. The molecule has 0 aliphatic heterocycles. The molecule has 0 unspecified atom stereocenters. The van der Waals surface area contributed by atoms with Gasteiger partial charge >= 0.3 is 82.6 Å². The summed E-state index contributed by atoms with van der Waals surface area (Å²) in [6.45, 7) is 7.50. The summed E-state index contributed by atoms with van der Waals surface area (Å²) in [4.78, 5) is 0. The van der Waals surface area contributed by atoms with Crippen LogP contribution in [0.25, 0.3) is 10.8 Å². The molecule has 82 valence electrons. The molecule has 2 N–H and O–H groups in total. The van der Waals surface area contributed by atoms with E-state index < -0.39 is 0 Å². The largest absolute Gasteiger partial charge is 0.0683 e. The van der Waals surface area contributed by atoms with Crippen LogP contribution in [0.2, 0.25) is 0 Å². The van der Waals surface area contributed by atoms with Gasteiger partial charge < -0.3 is 0 Å². The predicted molar refractivity (Wildman–Crippen MR) is 73.2 cm³/mol. The van der Waals surface area contributed by atoms with Crippen molar-refractivity contribution < 1.29 is 4.65 Å². The van der Waals surface area contributed by atoms with E-state index in [1.165, 1.54) is 7.12 Å². The summed E-state index contributed by atoms with van der Waals surface area (Å²) in [6.07, 6.45) is 0. The quantitative estimate of drug-likeness (QED) is 0.614. The Morgan fingerprint density at radius 2 is 1.88 bits per heavy atom. The number of nitrogens with two attached hydrogens (primary N) is 1. The molecule has 2 aromatic carbocycles. The van der Waals surface area contributed by atoms with Crippen LogP contribution in [0.1, 0.15) is 13.8 Å². The molecule has 0 heterocycles. The fourth-order valence-corrected chi connectivity index (χ4v) is 1.48. The van der Waals surface area contributed by atoms with Crippen LogP contribution in [-0.4, -0.2) is 13.6 Å². The summed E-state index contributed by atoms with van der Waals surface area (Å²) in [7, 11) is 1.39. The number of rotatable bonds is 2. The molecule has 0 amide bonds. The molecule has 0 saturated carbocycles. The van der Waals surface area contributed by atoms with Crippen molar-refractivity contribution in [3.8, 4) is 5.75 Å². The van der Waals surface area contributed by atoms with E-state index in [1.807, 2.05) is 44.2 Å². The van der Waals surface area contributed by atoms with Crippen molar-refractivity contribution in [3.63, 3.8) is 0 Å². The smallest absolute Gasteiger partial charge is 0.0683 e. The third kappa shape index (κ3) is 2.63. The molecule has 0 atom stereocenters. The average molecular weight is 213 g/mol. The fraction of sp³-hybridized carbons (Fsp3) is 0.154. The third-order valence-corrected chi connectivity index (χ3v) is 2.09. The van der Waals surface area contributed by atoms with Gasteiger partial charge in [0, 0.05) is 0 Å². The number of anilines is 1. The summed E-state index contributed by atoms with van der Waals surface area (Å²) in [5.41, 5.74) is 6.60. The maximum Gasteiger partial charge on any atom is -0.0683 e. The first-order chi connectivity index (χ1) is 7.81. The van der Waals surface area contributed by atoms with Gasteiger partial charge in [0.05, 0.1) is 0 Å². The first-order valence-electron chi connectivity index (χ1n) is 5.37. The molecule has 3 heteroatoms. The van der Waals surface area contributed by atoms with Crippen LogP contribution in [0.4, 0.5) is 5.69 Å². The normalized spacial score (nSPS) is 8.88. The van der Waals surface area contributed by atoms with E-state index >= 15 is 0 Å². The average Bonchev–Trinajstić information content (AvgIpc) is 2.32. The molecule has 0 saturated heterocycles. The van der Waals surface area contributed by atoms with Crippen LogP contribution < -0.4 is 10.4 Å². The molecular formula is C13H16BNO. The van der Waals surface area contributed by atoms with E-state index in [-0.39, 0.29) is 0 Å². The Hall–Kier alpha value is -1.77. The number of hydrogen-bond acceptors (Lipinski definition) is 2. The van der Waals surface area contributed by atoms with Crippen molar-refractivity contribution in [1.82, 2.24) is 0 Å². The molecule has 16 heavy (non-hydrogen) atoms. The molecular weight excluding hydrogens is 197 g/mol. The van der Waals surface area contributed by atoms with Gasteiger partial charge in [-0.05, 0) is 0 Å². The Morgan fingerprint density at radius 1 is 1.19 bits per heavy atom. The minimum atomic E-state index is 0.719. The molecule has 2 nitrogen and oxygen atoms in total. The maximum atomic E-state index is 5.87. The zero-order chi connectivity index (χ0) is 12.0. The summed E-state index contributed by atoms with van der Waals surface area (Å²) in [6, 6.07) is 11.7. The number of nitrogen functional groups attached to an aromatic ring is 1. The van der Waals surface area contributed by atoms with Crippen molar-refractivity contribution in [2.45, 2.75) is 13.8 Å². The summed E-state index contributed by atoms with van der Waals surface area (Å²) in [5.74, 6) is 0.719. The third-order valence-electron chi connectivity index (χ3n) is 2.09. The van der Waals surface area contributed by atoms with Crippen molar-refractivity contribution in [2.75, 3.05) is 5.73 Å². The minimum absolute atomic E-state index is 0.719. The Bertz CT molecular complexity index is 482. The van der Waals surface area contributed by atoms with E-state index in [0.717, 1.165) is 22.2 Å². The second kappa shape index (κ2) is 5.96. The van der Waals surface area contributed by atoms with Crippen molar-refractivity contribution in [2.24, 2.45) is 0 Å². The van der Waals surface area contributed by atoms with Gasteiger partial charge in [-0.3, -0.25) is 0 Å².